The van der Waals surface area contributed by atoms with Gasteiger partial charge in [0.2, 0.25) is 0 Å². The van der Waals surface area contributed by atoms with E-state index >= 15 is 0 Å². The number of hydrogen-bond acceptors (Lipinski definition) is 3. The smallest absolute Gasteiger partial charge is 0.319 e. The third-order valence-electron chi connectivity index (χ3n) is 5.37. The van der Waals surface area contributed by atoms with Crippen molar-refractivity contribution in [2.75, 3.05) is 27.2 Å². The zero-order valence-corrected chi connectivity index (χ0v) is 12.8. The molecule has 2 unspecified atom stereocenters. The van der Waals surface area contributed by atoms with Gasteiger partial charge in [-0.3, -0.25) is 4.90 Å². The summed E-state index contributed by atoms with van der Waals surface area (Å²) in [6, 6.07) is 2.67. The number of piperidine rings is 2. The molecule has 5 nitrogen and oxygen atoms in total. The lowest BCUT2D eigenvalue weighted by atomic mass is 9.93. The molecule has 0 aromatic rings. The number of likely N-dealkylation sites (tertiary alicyclic amines) is 1. The largest absolute Gasteiger partial charge is 0.331 e. The van der Waals surface area contributed by atoms with E-state index in [-0.39, 0.29) is 6.03 Å². The number of fused-ring (bicyclic) bond motifs is 2. The molecule has 0 aromatic heterocycles. The molecule has 0 aliphatic carbocycles. The van der Waals surface area contributed by atoms with Crippen molar-refractivity contribution in [2.24, 2.45) is 5.73 Å². The highest BCUT2D eigenvalue weighted by molar-refractivity contribution is 5.73. The van der Waals surface area contributed by atoms with E-state index in [0.717, 1.165) is 25.9 Å². The van der Waals surface area contributed by atoms with Crippen LogP contribution in [0.4, 0.5) is 4.79 Å². The zero-order chi connectivity index (χ0) is 14.3. The highest BCUT2D eigenvalue weighted by Crippen LogP contribution is 2.38. The number of rotatable bonds is 1. The summed E-state index contributed by atoms with van der Waals surface area (Å²) in [7, 11) is 3.67. The predicted octanol–water partition coefficient (Wildman–Crippen LogP) is 1.09. The average Bonchev–Trinajstić information content (AvgIpc) is 2.70. The van der Waals surface area contributed by atoms with Crippen LogP contribution in [0.3, 0.4) is 0 Å². The van der Waals surface area contributed by atoms with Gasteiger partial charge in [0, 0.05) is 51.4 Å². The fourth-order valence-electron chi connectivity index (χ4n) is 4.49. The first-order valence-corrected chi connectivity index (χ1v) is 8.05. The minimum absolute atomic E-state index is 0.159. The summed E-state index contributed by atoms with van der Waals surface area (Å²) in [6.07, 6.45) is 7.26. The zero-order valence-electron chi connectivity index (χ0n) is 12.8. The fraction of sp³-hybridized carbons (Fsp3) is 0.933. The van der Waals surface area contributed by atoms with Crippen LogP contribution in [0, 0.1) is 0 Å². The number of nitrogens with zero attached hydrogens (tertiary/aromatic N) is 3. The van der Waals surface area contributed by atoms with Gasteiger partial charge in [0.25, 0.3) is 0 Å². The quantitative estimate of drug-likeness (QED) is 0.782. The molecule has 3 saturated heterocycles. The van der Waals surface area contributed by atoms with Crippen LogP contribution in [0.5, 0.6) is 0 Å². The number of carbonyl (C=O) groups excluding carboxylic acids is 1. The Hall–Kier alpha value is -0.810. The molecule has 0 spiro atoms. The first-order chi connectivity index (χ1) is 9.56. The minimum atomic E-state index is 0.159. The van der Waals surface area contributed by atoms with Crippen molar-refractivity contribution < 1.29 is 4.79 Å². The maximum atomic E-state index is 12.0. The lowest BCUT2D eigenvalue weighted by Crippen LogP contribution is -2.55. The molecular formula is C15H28N4O. The molecule has 2 amide bonds. The molecule has 3 heterocycles. The van der Waals surface area contributed by atoms with Gasteiger partial charge < -0.3 is 15.5 Å². The van der Waals surface area contributed by atoms with Crippen molar-refractivity contribution in [3.8, 4) is 0 Å². The molecule has 0 radical (unpaired) electrons. The topological polar surface area (TPSA) is 52.8 Å². The van der Waals surface area contributed by atoms with Crippen molar-refractivity contribution in [1.82, 2.24) is 14.7 Å². The monoisotopic (exact) mass is 280 g/mol. The Morgan fingerprint density at radius 3 is 2.05 bits per heavy atom. The normalized spacial score (nSPS) is 35.4. The predicted molar refractivity (Wildman–Crippen MR) is 79.5 cm³/mol. The van der Waals surface area contributed by atoms with Crippen molar-refractivity contribution >= 4 is 6.03 Å². The van der Waals surface area contributed by atoms with Crippen LogP contribution in [0.1, 0.15) is 38.5 Å². The van der Waals surface area contributed by atoms with E-state index in [1.54, 1.807) is 4.90 Å². The van der Waals surface area contributed by atoms with Crippen LogP contribution >= 0.6 is 0 Å². The van der Waals surface area contributed by atoms with Gasteiger partial charge in [0.1, 0.15) is 0 Å². The van der Waals surface area contributed by atoms with E-state index < -0.39 is 0 Å². The summed E-state index contributed by atoms with van der Waals surface area (Å²) >= 11 is 0. The maximum absolute atomic E-state index is 12.0. The van der Waals surface area contributed by atoms with E-state index in [1.807, 2.05) is 19.0 Å². The number of nitrogens with two attached hydrogens (primary N) is 1. The van der Waals surface area contributed by atoms with Crippen LogP contribution in [0.2, 0.25) is 0 Å². The van der Waals surface area contributed by atoms with Crippen LogP contribution < -0.4 is 5.73 Å². The molecule has 2 N–H and O–H groups in total. The van der Waals surface area contributed by atoms with Gasteiger partial charge in [-0.15, -0.1) is 0 Å². The molecule has 2 atom stereocenters. The molecule has 0 aromatic carbocycles. The van der Waals surface area contributed by atoms with E-state index in [1.165, 1.54) is 25.7 Å². The number of carbonyl (C=O) groups is 1. The molecule has 3 rings (SSSR count). The van der Waals surface area contributed by atoms with Crippen molar-refractivity contribution in [2.45, 2.75) is 62.7 Å². The molecule has 20 heavy (non-hydrogen) atoms. The lowest BCUT2D eigenvalue weighted by molar-refractivity contribution is 0.0426. The minimum Gasteiger partial charge on any atom is -0.331 e. The SMILES string of the molecule is CN(C)C(=O)N1CCC(N2C3CCC2CC(N)C3)CC1. The lowest BCUT2D eigenvalue weighted by Gasteiger charge is -2.46. The Balaban J connectivity index is 1.58. The molecule has 3 aliphatic heterocycles. The molecule has 114 valence electrons. The Kier molecular flexibility index (Phi) is 3.91. The molecule has 0 saturated carbocycles. The van der Waals surface area contributed by atoms with Crippen LogP contribution in [-0.4, -0.2) is 72.1 Å². The van der Waals surface area contributed by atoms with Crippen molar-refractivity contribution in [3.05, 3.63) is 0 Å². The van der Waals surface area contributed by atoms with Gasteiger partial charge >= 0.3 is 6.03 Å². The van der Waals surface area contributed by atoms with E-state index in [2.05, 4.69) is 4.90 Å². The third-order valence-corrected chi connectivity index (χ3v) is 5.37. The highest BCUT2D eigenvalue weighted by Gasteiger charge is 2.43. The first kappa shape index (κ1) is 14.1. The van der Waals surface area contributed by atoms with E-state index in [0.29, 0.717) is 24.2 Å². The second kappa shape index (κ2) is 5.53. The van der Waals surface area contributed by atoms with Gasteiger partial charge in [-0.05, 0) is 38.5 Å². The number of hydrogen-bond donors (Lipinski definition) is 1. The molecule has 2 bridgehead atoms. The summed E-state index contributed by atoms with van der Waals surface area (Å²) in [5.74, 6) is 0. The Morgan fingerprint density at radius 1 is 1.00 bits per heavy atom. The summed E-state index contributed by atoms with van der Waals surface area (Å²) in [6.45, 7) is 1.81. The Bertz CT molecular complexity index is 351. The summed E-state index contributed by atoms with van der Waals surface area (Å²) in [4.78, 5) is 18.4. The van der Waals surface area contributed by atoms with E-state index in [9.17, 15) is 4.79 Å². The average molecular weight is 280 g/mol. The first-order valence-electron chi connectivity index (χ1n) is 8.05. The number of urea groups is 1. The Labute approximate surface area is 122 Å². The second-order valence-corrected chi connectivity index (χ2v) is 6.96. The summed E-state index contributed by atoms with van der Waals surface area (Å²) < 4.78 is 0. The summed E-state index contributed by atoms with van der Waals surface area (Å²) in [5, 5.41) is 0. The van der Waals surface area contributed by atoms with Gasteiger partial charge in [-0.1, -0.05) is 0 Å². The van der Waals surface area contributed by atoms with Gasteiger partial charge in [-0.2, -0.15) is 0 Å². The van der Waals surface area contributed by atoms with Gasteiger partial charge in [0.15, 0.2) is 0 Å². The standard InChI is InChI=1S/C15H28N4O/c1-17(2)15(20)18-7-5-12(6-8-18)19-13-3-4-14(19)10-11(16)9-13/h11-14H,3-10,16H2,1-2H3. The van der Waals surface area contributed by atoms with Gasteiger partial charge in [-0.25, -0.2) is 4.79 Å². The third kappa shape index (κ3) is 2.53. The molecule has 3 fully saturated rings. The van der Waals surface area contributed by atoms with Gasteiger partial charge in [0.05, 0.1) is 0 Å². The van der Waals surface area contributed by atoms with E-state index in [4.69, 9.17) is 5.73 Å². The van der Waals surface area contributed by atoms with Crippen LogP contribution in [-0.2, 0) is 0 Å². The Morgan fingerprint density at radius 2 is 1.55 bits per heavy atom. The molecule has 5 heteroatoms. The van der Waals surface area contributed by atoms with Crippen molar-refractivity contribution in [3.63, 3.8) is 0 Å². The number of amides is 2. The second-order valence-electron chi connectivity index (χ2n) is 6.96. The van der Waals surface area contributed by atoms with Crippen LogP contribution in [0.15, 0.2) is 0 Å². The molecular weight excluding hydrogens is 252 g/mol. The molecule has 3 aliphatic rings. The summed E-state index contributed by atoms with van der Waals surface area (Å²) in [5.41, 5.74) is 6.16. The highest BCUT2D eigenvalue weighted by atomic mass is 16.2. The van der Waals surface area contributed by atoms with Crippen LogP contribution in [0.25, 0.3) is 0 Å². The fourth-order valence-corrected chi connectivity index (χ4v) is 4.49. The maximum Gasteiger partial charge on any atom is 0.319 e. The van der Waals surface area contributed by atoms with Crippen molar-refractivity contribution in [1.29, 1.82) is 0 Å².